The van der Waals surface area contributed by atoms with Crippen LogP contribution in [0.4, 0.5) is 8.78 Å². The number of nitrogens with two attached hydrogens (primary N) is 1. The molecule has 119 valence electrons. The van der Waals surface area contributed by atoms with Crippen molar-refractivity contribution in [2.75, 3.05) is 6.54 Å². The van der Waals surface area contributed by atoms with Crippen LogP contribution < -0.4 is 5.73 Å². The quantitative estimate of drug-likeness (QED) is 0.559. The largest absolute Gasteiger partial charge is 0.427 e. The summed E-state index contributed by atoms with van der Waals surface area (Å²) in [6.07, 6.45) is 2.62. The maximum Gasteiger partial charge on any atom is 0.333 e. The Morgan fingerprint density at radius 1 is 1.43 bits per heavy atom. The Balaban J connectivity index is 2.39. The first kappa shape index (κ1) is 18.1. The molecule has 0 aliphatic heterocycles. The molecule has 0 unspecified atom stereocenters. The first-order chi connectivity index (χ1) is 9.47. The minimum absolute atomic E-state index is 0.0657. The highest BCUT2D eigenvalue weighted by atomic mass is 19.3. The van der Waals surface area contributed by atoms with Gasteiger partial charge in [-0.25, -0.2) is 8.78 Å². The summed E-state index contributed by atoms with van der Waals surface area (Å²) in [7, 11) is 1.41. The van der Waals surface area contributed by atoms with Gasteiger partial charge in [-0.05, 0) is 45.3 Å². The van der Waals surface area contributed by atoms with Gasteiger partial charge in [-0.15, -0.1) is 0 Å². The van der Waals surface area contributed by atoms with Gasteiger partial charge in [0.2, 0.25) is 5.92 Å². The highest BCUT2D eigenvalue weighted by molar-refractivity contribution is 6.46. The van der Waals surface area contributed by atoms with Crippen molar-refractivity contribution >= 4 is 13.7 Å². The van der Waals surface area contributed by atoms with Crippen LogP contribution in [-0.4, -0.2) is 42.5 Å². The average molecular weight is 301 g/mol. The van der Waals surface area contributed by atoms with Gasteiger partial charge in [0.1, 0.15) is 0 Å². The summed E-state index contributed by atoms with van der Waals surface area (Å²) in [6.45, 7) is 7.17. The molecule has 21 heavy (non-hydrogen) atoms. The van der Waals surface area contributed by atoms with Crippen molar-refractivity contribution in [1.29, 1.82) is 0 Å². The number of hydrogen-bond donors (Lipinski definition) is 2. The van der Waals surface area contributed by atoms with Gasteiger partial charge in [0.15, 0.2) is 0 Å². The van der Waals surface area contributed by atoms with Crippen molar-refractivity contribution in [1.82, 2.24) is 0 Å². The lowest BCUT2D eigenvalue weighted by Gasteiger charge is -2.37. The molecular weight excluding hydrogens is 277 g/mol. The molecule has 0 aromatic carbocycles. The number of alkyl halides is 2. The van der Waals surface area contributed by atoms with E-state index in [1.807, 2.05) is 0 Å². The highest BCUT2D eigenvalue weighted by Crippen LogP contribution is 2.42. The molecular formula is C14H24BF2N2O2. The van der Waals surface area contributed by atoms with Gasteiger partial charge in [-0.2, -0.15) is 0 Å². The number of aliphatic imine (C=N–C) groups is 1. The lowest BCUT2D eigenvalue weighted by atomic mass is 9.81. The summed E-state index contributed by atoms with van der Waals surface area (Å²) in [5, 5.41) is 9.97. The van der Waals surface area contributed by atoms with Crippen LogP contribution in [0.5, 0.6) is 0 Å². The van der Waals surface area contributed by atoms with Crippen LogP contribution >= 0.6 is 0 Å². The Kier molecular flexibility index (Phi) is 5.55. The molecule has 0 saturated heterocycles. The summed E-state index contributed by atoms with van der Waals surface area (Å²) < 4.78 is 30.9. The highest BCUT2D eigenvalue weighted by Gasteiger charge is 2.44. The van der Waals surface area contributed by atoms with E-state index < -0.39 is 17.1 Å². The second kappa shape index (κ2) is 6.44. The SMILES string of the molecule is CC(C)(O)C(C)(C)O[B]C(C=NCC1CC(F)(F)C1)=CN. The van der Waals surface area contributed by atoms with Crippen LogP contribution in [-0.2, 0) is 4.65 Å². The summed E-state index contributed by atoms with van der Waals surface area (Å²) in [6, 6.07) is 0. The topological polar surface area (TPSA) is 67.8 Å². The van der Waals surface area contributed by atoms with E-state index >= 15 is 0 Å². The van der Waals surface area contributed by atoms with Gasteiger partial charge in [0, 0.05) is 25.6 Å². The number of halogens is 2. The van der Waals surface area contributed by atoms with Crippen LogP contribution in [0, 0.1) is 5.92 Å². The van der Waals surface area contributed by atoms with Crippen LogP contribution in [0.15, 0.2) is 16.7 Å². The second-order valence-electron chi connectivity index (χ2n) is 6.60. The molecule has 1 aliphatic rings. The van der Waals surface area contributed by atoms with Gasteiger partial charge < -0.3 is 15.5 Å². The molecule has 4 nitrogen and oxygen atoms in total. The van der Waals surface area contributed by atoms with Gasteiger partial charge in [-0.1, -0.05) is 0 Å². The van der Waals surface area contributed by atoms with E-state index in [-0.39, 0.29) is 18.8 Å². The predicted octanol–water partition coefficient (Wildman–Crippen LogP) is 2.09. The first-order valence-electron chi connectivity index (χ1n) is 7.00. The molecule has 0 amide bonds. The molecule has 0 heterocycles. The van der Waals surface area contributed by atoms with Crippen molar-refractivity contribution in [2.24, 2.45) is 16.6 Å². The van der Waals surface area contributed by atoms with Crippen molar-refractivity contribution in [2.45, 2.75) is 57.7 Å². The molecule has 0 aromatic heterocycles. The van der Waals surface area contributed by atoms with Gasteiger partial charge in [-0.3, -0.25) is 4.99 Å². The molecule has 3 N–H and O–H groups in total. The molecule has 0 atom stereocenters. The van der Waals surface area contributed by atoms with Gasteiger partial charge >= 0.3 is 7.48 Å². The monoisotopic (exact) mass is 301 g/mol. The third-order valence-corrected chi connectivity index (χ3v) is 3.93. The number of hydrogen-bond acceptors (Lipinski definition) is 4. The zero-order valence-electron chi connectivity index (χ0n) is 13.1. The molecule has 0 aromatic rings. The lowest BCUT2D eigenvalue weighted by molar-refractivity contribution is -0.107. The number of aliphatic hydroxyl groups is 1. The van der Waals surface area contributed by atoms with Crippen molar-refractivity contribution < 1.29 is 18.5 Å². The zero-order valence-corrected chi connectivity index (χ0v) is 13.1. The van der Waals surface area contributed by atoms with Crippen LogP contribution in [0.2, 0.25) is 0 Å². The third kappa shape index (κ3) is 5.39. The molecule has 0 bridgehead atoms. The standard InChI is InChI=1S/C14H24BF2N2O2/c1-12(2,20)13(3,4)21-15-11(7-18)9-19-8-10-5-14(16,17)6-10/h7,9-10,20H,5-6,8,18H2,1-4H3. The maximum atomic E-state index is 12.7. The van der Waals surface area contributed by atoms with Gasteiger partial charge in [0.25, 0.3) is 0 Å². The zero-order chi connectivity index (χ0) is 16.3. The Hall–Kier alpha value is -0.945. The molecule has 1 saturated carbocycles. The van der Waals surface area contributed by atoms with E-state index in [4.69, 9.17) is 10.4 Å². The van der Waals surface area contributed by atoms with Crippen LogP contribution in [0.1, 0.15) is 40.5 Å². The Morgan fingerprint density at radius 2 is 2.00 bits per heavy atom. The summed E-state index contributed by atoms with van der Waals surface area (Å²) in [4.78, 5) is 4.11. The van der Waals surface area contributed by atoms with E-state index in [2.05, 4.69) is 4.99 Å². The normalized spacial score (nSPS) is 20.6. The minimum atomic E-state index is -2.52. The molecule has 1 rings (SSSR count). The van der Waals surface area contributed by atoms with Gasteiger partial charge in [0.05, 0.1) is 11.2 Å². The summed E-state index contributed by atoms with van der Waals surface area (Å²) in [5.41, 5.74) is 4.17. The summed E-state index contributed by atoms with van der Waals surface area (Å²) in [5.74, 6) is -2.58. The molecule has 1 radical (unpaired) electrons. The van der Waals surface area contributed by atoms with E-state index in [9.17, 15) is 13.9 Å². The van der Waals surface area contributed by atoms with Crippen molar-refractivity contribution in [3.05, 3.63) is 11.7 Å². The smallest absolute Gasteiger partial charge is 0.333 e. The lowest BCUT2D eigenvalue weighted by Crippen LogP contribution is -2.48. The van der Waals surface area contributed by atoms with E-state index in [1.54, 1.807) is 27.7 Å². The maximum absolute atomic E-state index is 12.7. The third-order valence-electron chi connectivity index (χ3n) is 3.93. The van der Waals surface area contributed by atoms with E-state index in [0.29, 0.717) is 12.0 Å². The van der Waals surface area contributed by atoms with Crippen LogP contribution in [0.3, 0.4) is 0 Å². The van der Waals surface area contributed by atoms with Crippen LogP contribution in [0.25, 0.3) is 0 Å². The second-order valence-corrected chi connectivity index (χ2v) is 6.60. The van der Waals surface area contributed by atoms with E-state index in [0.717, 1.165) is 0 Å². The fourth-order valence-corrected chi connectivity index (χ4v) is 1.69. The number of nitrogens with zero attached hydrogens (tertiary/aromatic N) is 1. The predicted molar refractivity (Wildman–Crippen MR) is 80.5 cm³/mol. The number of allylic oxidation sites excluding steroid dienone is 1. The number of rotatable bonds is 7. The summed E-state index contributed by atoms with van der Waals surface area (Å²) >= 11 is 0. The first-order valence-corrected chi connectivity index (χ1v) is 7.00. The average Bonchev–Trinajstić information content (AvgIpc) is 2.29. The van der Waals surface area contributed by atoms with Crippen molar-refractivity contribution in [3.63, 3.8) is 0 Å². The molecule has 7 heteroatoms. The van der Waals surface area contributed by atoms with Crippen molar-refractivity contribution in [3.8, 4) is 0 Å². The molecule has 0 spiro atoms. The fraction of sp³-hybridized carbons (Fsp3) is 0.786. The molecule has 1 aliphatic carbocycles. The molecule has 1 fully saturated rings. The van der Waals surface area contributed by atoms with E-state index in [1.165, 1.54) is 19.9 Å². The Morgan fingerprint density at radius 3 is 2.43 bits per heavy atom. The minimum Gasteiger partial charge on any atom is -0.427 e. The fourth-order valence-electron chi connectivity index (χ4n) is 1.69. The Labute approximate surface area is 125 Å². The Bertz CT molecular complexity index is 410.